The van der Waals surface area contributed by atoms with Crippen molar-refractivity contribution in [3.05, 3.63) is 11.8 Å². The smallest absolute Gasteiger partial charge is 0.235 e. The number of hydrogen-bond acceptors (Lipinski definition) is 6. The summed E-state index contributed by atoms with van der Waals surface area (Å²) in [5.41, 5.74) is 5.98. The van der Waals surface area contributed by atoms with Gasteiger partial charge in [-0.15, -0.1) is 24.2 Å². The van der Waals surface area contributed by atoms with Gasteiger partial charge in [-0.2, -0.15) is 0 Å². The van der Waals surface area contributed by atoms with Crippen LogP contribution in [0.25, 0.3) is 0 Å². The van der Waals surface area contributed by atoms with E-state index in [1.165, 1.54) is 11.8 Å². The summed E-state index contributed by atoms with van der Waals surface area (Å²) < 4.78 is 4.88. The van der Waals surface area contributed by atoms with Gasteiger partial charge < -0.3 is 20.5 Å². The van der Waals surface area contributed by atoms with E-state index in [4.69, 9.17) is 10.3 Å². The van der Waals surface area contributed by atoms with Gasteiger partial charge in [-0.05, 0) is 33.1 Å². The lowest BCUT2D eigenvalue weighted by molar-refractivity contribution is -0.132. The van der Waals surface area contributed by atoms with Crippen molar-refractivity contribution in [2.75, 3.05) is 23.4 Å². The first-order chi connectivity index (χ1) is 11.0. The fourth-order valence-electron chi connectivity index (χ4n) is 2.73. The molecule has 24 heavy (non-hydrogen) atoms. The molecule has 1 aromatic heterocycles. The van der Waals surface area contributed by atoms with Crippen LogP contribution in [-0.4, -0.2) is 52.0 Å². The van der Waals surface area contributed by atoms with E-state index in [1.807, 2.05) is 11.8 Å². The van der Waals surface area contributed by atoms with Crippen LogP contribution in [-0.2, 0) is 9.59 Å². The second-order valence-electron chi connectivity index (χ2n) is 5.87. The third kappa shape index (κ3) is 5.99. The number of carbonyl (C=O) groups excluding carboxylic acids is 2. The number of amides is 2. The standard InChI is InChI=1S/C15H24N4O3S.ClH/c1-10-7-13(18-22-10)17-14(20)8-23-9-15(21)19-6-4-3-5-12(19)11(2)16;/h7,11-12H,3-6,8-9,16H2,1-2H3,(H,17,18,20);1H. The summed E-state index contributed by atoms with van der Waals surface area (Å²) in [7, 11) is 0. The zero-order chi connectivity index (χ0) is 16.8. The van der Waals surface area contributed by atoms with Crippen LogP contribution < -0.4 is 11.1 Å². The Bertz CT molecular complexity index is 553. The molecule has 9 heteroatoms. The van der Waals surface area contributed by atoms with Crippen LogP contribution in [0.5, 0.6) is 0 Å². The molecule has 2 atom stereocenters. The van der Waals surface area contributed by atoms with Crippen LogP contribution in [0, 0.1) is 6.92 Å². The maximum absolute atomic E-state index is 12.3. The summed E-state index contributed by atoms with van der Waals surface area (Å²) in [6.07, 6.45) is 3.09. The molecule has 2 heterocycles. The minimum Gasteiger partial charge on any atom is -0.360 e. The van der Waals surface area contributed by atoms with Gasteiger partial charge in [-0.1, -0.05) is 5.16 Å². The average molecular weight is 377 g/mol. The minimum atomic E-state index is -0.196. The van der Waals surface area contributed by atoms with Crippen molar-refractivity contribution >= 4 is 41.8 Å². The van der Waals surface area contributed by atoms with Crippen molar-refractivity contribution in [1.29, 1.82) is 0 Å². The van der Waals surface area contributed by atoms with Crippen molar-refractivity contribution in [2.45, 2.75) is 45.2 Å². The fourth-order valence-corrected chi connectivity index (χ4v) is 3.43. The number of hydrogen-bond donors (Lipinski definition) is 2. The van der Waals surface area contributed by atoms with Gasteiger partial charge >= 0.3 is 0 Å². The number of aromatic nitrogens is 1. The van der Waals surface area contributed by atoms with E-state index in [0.29, 0.717) is 11.6 Å². The second-order valence-corrected chi connectivity index (χ2v) is 6.86. The molecule has 1 aromatic rings. The number of nitrogens with two attached hydrogens (primary N) is 1. The molecule has 2 unspecified atom stereocenters. The van der Waals surface area contributed by atoms with E-state index in [0.717, 1.165) is 25.8 Å². The van der Waals surface area contributed by atoms with Crippen LogP contribution >= 0.6 is 24.2 Å². The molecule has 0 bridgehead atoms. The molecule has 0 spiro atoms. The molecule has 1 aliphatic heterocycles. The van der Waals surface area contributed by atoms with Gasteiger partial charge in [-0.3, -0.25) is 9.59 Å². The number of halogens is 1. The summed E-state index contributed by atoms with van der Waals surface area (Å²) in [5, 5.41) is 6.33. The van der Waals surface area contributed by atoms with E-state index in [-0.39, 0.29) is 47.8 Å². The van der Waals surface area contributed by atoms with Gasteiger partial charge in [0.25, 0.3) is 0 Å². The molecule has 0 radical (unpaired) electrons. The lowest BCUT2D eigenvalue weighted by atomic mass is 9.97. The van der Waals surface area contributed by atoms with Crippen molar-refractivity contribution in [3.63, 3.8) is 0 Å². The highest BCUT2D eigenvalue weighted by Crippen LogP contribution is 2.20. The third-order valence-corrected chi connectivity index (χ3v) is 4.75. The van der Waals surface area contributed by atoms with Crippen molar-refractivity contribution in [1.82, 2.24) is 10.1 Å². The van der Waals surface area contributed by atoms with Crippen LogP contribution in [0.1, 0.15) is 31.9 Å². The van der Waals surface area contributed by atoms with Crippen LogP contribution in [0.4, 0.5) is 5.82 Å². The molecule has 1 saturated heterocycles. The fraction of sp³-hybridized carbons (Fsp3) is 0.667. The van der Waals surface area contributed by atoms with Crippen LogP contribution in [0.15, 0.2) is 10.6 Å². The number of piperidine rings is 1. The monoisotopic (exact) mass is 376 g/mol. The SMILES string of the molecule is Cc1cc(NC(=O)CSCC(=O)N2CCCCC2C(C)N)no1.Cl. The highest BCUT2D eigenvalue weighted by molar-refractivity contribution is 8.00. The van der Waals surface area contributed by atoms with Crippen molar-refractivity contribution in [3.8, 4) is 0 Å². The first kappa shape index (κ1) is 20.8. The molecule has 0 aromatic carbocycles. The van der Waals surface area contributed by atoms with Crippen LogP contribution in [0.2, 0.25) is 0 Å². The predicted molar refractivity (Wildman–Crippen MR) is 97.4 cm³/mol. The number of likely N-dealkylation sites (tertiary alicyclic amines) is 1. The number of anilines is 1. The van der Waals surface area contributed by atoms with Gasteiger partial charge in [0, 0.05) is 24.7 Å². The quantitative estimate of drug-likeness (QED) is 0.785. The first-order valence-electron chi connectivity index (χ1n) is 7.83. The van der Waals surface area contributed by atoms with Gasteiger partial charge in [0.15, 0.2) is 5.82 Å². The highest BCUT2D eigenvalue weighted by Gasteiger charge is 2.28. The molecule has 0 aliphatic carbocycles. The highest BCUT2D eigenvalue weighted by atomic mass is 35.5. The number of nitrogens with one attached hydrogen (secondary N) is 1. The Hall–Kier alpha value is -1.25. The molecule has 1 fully saturated rings. The largest absolute Gasteiger partial charge is 0.360 e. The summed E-state index contributed by atoms with van der Waals surface area (Å²) in [5.74, 6) is 1.38. The Labute approximate surface area is 152 Å². The maximum atomic E-state index is 12.3. The number of aryl methyl sites for hydroxylation is 1. The van der Waals surface area contributed by atoms with Crippen molar-refractivity contribution < 1.29 is 14.1 Å². The zero-order valence-electron chi connectivity index (χ0n) is 14.0. The lowest BCUT2D eigenvalue weighted by Crippen LogP contribution is -2.52. The van der Waals surface area contributed by atoms with Gasteiger partial charge in [0.2, 0.25) is 11.8 Å². The van der Waals surface area contributed by atoms with E-state index >= 15 is 0 Å². The number of thioether (sulfide) groups is 1. The molecular weight excluding hydrogens is 352 g/mol. The zero-order valence-corrected chi connectivity index (χ0v) is 15.6. The van der Waals surface area contributed by atoms with E-state index < -0.39 is 0 Å². The third-order valence-electron chi connectivity index (χ3n) is 3.83. The van der Waals surface area contributed by atoms with E-state index in [9.17, 15) is 9.59 Å². The molecule has 0 saturated carbocycles. The number of rotatable bonds is 6. The Morgan fingerprint density at radius 2 is 2.25 bits per heavy atom. The molecular formula is C15H25ClN4O3S. The summed E-state index contributed by atoms with van der Waals surface area (Å²) >= 11 is 1.30. The van der Waals surface area contributed by atoms with E-state index in [2.05, 4.69) is 10.5 Å². The molecule has 2 rings (SSSR count). The number of nitrogens with zero attached hydrogens (tertiary/aromatic N) is 2. The molecule has 2 amide bonds. The summed E-state index contributed by atoms with van der Waals surface area (Å²) in [6, 6.07) is 1.74. The Morgan fingerprint density at radius 1 is 1.50 bits per heavy atom. The minimum absolute atomic E-state index is 0. The maximum Gasteiger partial charge on any atom is 0.235 e. The normalized spacial score (nSPS) is 18.6. The van der Waals surface area contributed by atoms with Gasteiger partial charge in [0.1, 0.15) is 5.76 Å². The summed E-state index contributed by atoms with van der Waals surface area (Å²) in [4.78, 5) is 26.0. The Balaban J connectivity index is 0.00000288. The molecule has 136 valence electrons. The first-order valence-corrected chi connectivity index (χ1v) is 8.99. The van der Waals surface area contributed by atoms with Crippen molar-refractivity contribution in [2.24, 2.45) is 5.73 Å². The topological polar surface area (TPSA) is 101 Å². The van der Waals surface area contributed by atoms with Gasteiger partial charge in [0.05, 0.1) is 11.5 Å². The predicted octanol–water partition coefficient (Wildman–Crippen LogP) is 1.80. The summed E-state index contributed by atoms with van der Waals surface area (Å²) in [6.45, 7) is 4.45. The lowest BCUT2D eigenvalue weighted by Gasteiger charge is -2.38. The van der Waals surface area contributed by atoms with Gasteiger partial charge in [-0.25, -0.2) is 0 Å². The molecule has 7 nitrogen and oxygen atoms in total. The number of carbonyl (C=O) groups is 2. The molecule has 3 N–H and O–H groups in total. The molecule has 1 aliphatic rings. The Kier molecular flexibility index (Phi) is 8.58. The van der Waals surface area contributed by atoms with E-state index in [1.54, 1.807) is 13.0 Å². The Morgan fingerprint density at radius 3 is 2.88 bits per heavy atom. The average Bonchev–Trinajstić information content (AvgIpc) is 2.92. The second kappa shape index (κ2) is 9.90. The van der Waals surface area contributed by atoms with Crippen LogP contribution in [0.3, 0.4) is 0 Å².